The molecule has 0 aliphatic heterocycles. The van der Waals surface area contributed by atoms with E-state index in [-0.39, 0.29) is 0 Å². The zero-order chi connectivity index (χ0) is 17.4. The van der Waals surface area contributed by atoms with E-state index in [1.807, 2.05) is 36.4 Å². The third kappa shape index (κ3) is 2.81. The molecule has 126 valence electrons. The Balaban J connectivity index is 1.82. The van der Waals surface area contributed by atoms with Crippen LogP contribution >= 0.6 is 22.9 Å². The molecule has 8 heteroatoms. The van der Waals surface area contributed by atoms with Crippen LogP contribution in [-0.4, -0.2) is 34.0 Å². The minimum atomic E-state index is 0.622. The number of rotatable bonds is 4. The van der Waals surface area contributed by atoms with Crippen LogP contribution in [0.1, 0.15) is 0 Å². The van der Waals surface area contributed by atoms with Crippen molar-refractivity contribution in [3.8, 4) is 33.5 Å². The van der Waals surface area contributed by atoms with Gasteiger partial charge in [0.25, 0.3) is 0 Å². The monoisotopic (exact) mass is 372 g/mol. The van der Waals surface area contributed by atoms with Gasteiger partial charge in [0.15, 0.2) is 10.8 Å². The molecule has 0 amide bonds. The van der Waals surface area contributed by atoms with Gasteiger partial charge < -0.3 is 9.47 Å². The van der Waals surface area contributed by atoms with Crippen molar-refractivity contribution in [3.05, 3.63) is 47.5 Å². The number of halogens is 1. The average molecular weight is 373 g/mol. The molecule has 0 aliphatic carbocycles. The molecule has 0 aliphatic rings. The molecule has 0 radical (unpaired) electrons. The third-order valence-corrected chi connectivity index (χ3v) is 4.90. The van der Waals surface area contributed by atoms with E-state index in [2.05, 4.69) is 15.3 Å². The van der Waals surface area contributed by atoms with Gasteiger partial charge in [0, 0.05) is 10.6 Å². The summed E-state index contributed by atoms with van der Waals surface area (Å²) in [7, 11) is 3.26. The minimum absolute atomic E-state index is 0.622. The summed E-state index contributed by atoms with van der Waals surface area (Å²) in [6, 6.07) is 13.0. The first kappa shape index (κ1) is 15.9. The highest BCUT2D eigenvalue weighted by molar-refractivity contribution is 7.19. The molecular weight excluding hydrogens is 360 g/mol. The molecule has 0 fully saturated rings. The lowest BCUT2D eigenvalue weighted by Crippen LogP contribution is -1.92. The maximum absolute atomic E-state index is 6.13. The minimum Gasteiger partial charge on any atom is -0.497 e. The number of hydrogen-bond donors (Lipinski definition) is 0. The van der Waals surface area contributed by atoms with E-state index in [0.717, 1.165) is 21.9 Å². The first-order valence-corrected chi connectivity index (χ1v) is 8.59. The summed E-state index contributed by atoms with van der Waals surface area (Å²) in [4.78, 5) is 0.697. The maximum Gasteiger partial charge on any atom is 0.235 e. The van der Waals surface area contributed by atoms with Crippen LogP contribution in [0.5, 0.6) is 11.5 Å². The van der Waals surface area contributed by atoms with Crippen LogP contribution in [-0.2, 0) is 0 Å². The fourth-order valence-corrected chi connectivity index (χ4v) is 3.53. The Kier molecular flexibility index (Phi) is 4.03. The number of hydrogen-bond acceptors (Lipinski definition) is 6. The molecule has 2 aromatic heterocycles. The van der Waals surface area contributed by atoms with Crippen LogP contribution in [0.25, 0.3) is 26.9 Å². The van der Waals surface area contributed by atoms with Gasteiger partial charge >= 0.3 is 0 Å². The fourth-order valence-electron chi connectivity index (χ4n) is 2.49. The van der Waals surface area contributed by atoms with Crippen molar-refractivity contribution in [1.82, 2.24) is 19.8 Å². The van der Waals surface area contributed by atoms with Gasteiger partial charge in [-0.2, -0.15) is 9.61 Å². The molecular formula is C17H13ClN4O2S. The molecule has 25 heavy (non-hydrogen) atoms. The Bertz CT molecular complexity index is 1040. The number of ether oxygens (including phenoxy) is 2. The number of nitrogens with zero attached hydrogens (tertiary/aromatic N) is 4. The first-order chi connectivity index (χ1) is 12.2. The molecule has 0 N–H and O–H groups in total. The molecule has 0 atom stereocenters. The Morgan fingerprint density at radius 1 is 1.00 bits per heavy atom. The van der Waals surface area contributed by atoms with Gasteiger partial charge in [0.2, 0.25) is 4.96 Å². The highest BCUT2D eigenvalue weighted by Gasteiger charge is 2.17. The zero-order valence-electron chi connectivity index (χ0n) is 13.4. The Labute approximate surface area is 152 Å². The quantitative estimate of drug-likeness (QED) is 0.537. The second-order valence-electron chi connectivity index (χ2n) is 5.20. The lowest BCUT2D eigenvalue weighted by Gasteiger charge is -2.05. The van der Waals surface area contributed by atoms with Crippen molar-refractivity contribution in [2.75, 3.05) is 14.2 Å². The summed E-state index contributed by atoms with van der Waals surface area (Å²) in [5.74, 6) is 2.16. The molecule has 0 bridgehead atoms. The smallest absolute Gasteiger partial charge is 0.235 e. The van der Waals surface area contributed by atoms with E-state index in [0.29, 0.717) is 21.6 Å². The maximum atomic E-state index is 6.13. The van der Waals surface area contributed by atoms with E-state index in [4.69, 9.17) is 21.1 Å². The van der Waals surface area contributed by atoms with Crippen LogP contribution in [0, 0.1) is 0 Å². The van der Waals surface area contributed by atoms with Gasteiger partial charge in [-0.05, 0) is 42.5 Å². The predicted molar refractivity (Wildman–Crippen MR) is 97.6 cm³/mol. The summed E-state index contributed by atoms with van der Waals surface area (Å²) in [6.45, 7) is 0. The highest BCUT2D eigenvalue weighted by Crippen LogP contribution is 2.35. The van der Waals surface area contributed by atoms with Crippen molar-refractivity contribution in [2.24, 2.45) is 0 Å². The third-order valence-electron chi connectivity index (χ3n) is 3.73. The molecule has 0 saturated heterocycles. The van der Waals surface area contributed by atoms with Gasteiger partial charge in [-0.3, -0.25) is 0 Å². The highest BCUT2D eigenvalue weighted by atomic mass is 35.5. The lowest BCUT2D eigenvalue weighted by atomic mass is 10.2. The molecule has 4 rings (SSSR count). The van der Waals surface area contributed by atoms with Crippen LogP contribution in [0.15, 0.2) is 42.5 Å². The van der Waals surface area contributed by atoms with Crippen LogP contribution < -0.4 is 9.47 Å². The number of aromatic nitrogens is 4. The molecule has 0 spiro atoms. The van der Waals surface area contributed by atoms with Crippen molar-refractivity contribution in [3.63, 3.8) is 0 Å². The summed E-state index contributed by atoms with van der Waals surface area (Å²) in [5.41, 5.74) is 1.73. The molecule has 2 heterocycles. The van der Waals surface area contributed by atoms with E-state index in [1.165, 1.54) is 11.3 Å². The second-order valence-corrected chi connectivity index (χ2v) is 6.59. The largest absolute Gasteiger partial charge is 0.497 e. The van der Waals surface area contributed by atoms with Crippen LogP contribution in [0.3, 0.4) is 0 Å². The van der Waals surface area contributed by atoms with Crippen molar-refractivity contribution < 1.29 is 9.47 Å². The normalized spacial score (nSPS) is 11.0. The van der Waals surface area contributed by atoms with Crippen LogP contribution in [0.2, 0.25) is 5.02 Å². The van der Waals surface area contributed by atoms with Gasteiger partial charge in [-0.15, -0.1) is 10.2 Å². The van der Waals surface area contributed by atoms with Gasteiger partial charge in [0.05, 0.1) is 19.8 Å². The number of benzene rings is 2. The van der Waals surface area contributed by atoms with Crippen molar-refractivity contribution in [2.45, 2.75) is 0 Å². The van der Waals surface area contributed by atoms with E-state index in [9.17, 15) is 0 Å². The summed E-state index contributed by atoms with van der Waals surface area (Å²) >= 11 is 7.55. The predicted octanol–water partition coefficient (Wildman–Crippen LogP) is 4.19. The first-order valence-electron chi connectivity index (χ1n) is 7.40. The zero-order valence-corrected chi connectivity index (χ0v) is 15.0. The van der Waals surface area contributed by atoms with Gasteiger partial charge in [-0.1, -0.05) is 22.9 Å². The summed E-state index contributed by atoms with van der Waals surface area (Å²) in [6.07, 6.45) is 0. The number of fused-ring (bicyclic) bond motifs is 1. The summed E-state index contributed by atoms with van der Waals surface area (Å²) < 4.78 is 12.3. The summed E-state index contributed by atoms with van der Waals surface area (Å²) in [5, 5.41) is 14.5. The molecule has 0 unspecified atom stereocenters. The van der Waals surface area contributed by atoms with Gasteiger partial charge in [-0.25, -0.2) is 0 Å². The molecule has 4 aromatic rings. The van der Waals surface area contributed by atoms with Crippen molar-refractivity contribution in [1.29, 1.82) is 0 Å². The molecule has 2 aromatic carbocycles. The SMILES string of the molecule is COc1ccc(-c2nnc3sc(-c4cc(Cl)ccc4OC)nn23)cc1. The fraction of sp³-hybridized carbons (Fsp3) is 0.118. The number of methoxy groups -OCH3 is 2. The van der Waals surface area contributed by atoms with Gasteiger partial charge in [0.1, 0.15) is 11.5 Å². The Morgan fingerprint density at radius 3 is 2.52 bits per heavy atom. The molecule has 6 nitrogen and oxygen atoms in total. The second kappa shape index (κ2) is 6.34. The van der Waals surface area contributed by atoms with E-state index < -0.39 is 0 Å². The Hall–Kier alpha value is -2.64. The lowest BCUT2D eigenvalue weighted by molar-refractivity contribution is 0.415. The van der Waals surface area contributed by atoms with Crippen molar-refractivity contribution >= 4 is 27.9 Å². The Morgan fingerprint density at radius 2 is 1.80 bits per heavy atom. The topological polar surface area (TPSA) is 61.5 Å². The average Bonchev–Trinajstić information content (AvgIpc) is 3.22. The standard InChI is InChI=1S/C17H13ClN4O2S/c1-23-12-6-3-10(4-7-12)15-19-20-17-22(15)21-16(25-17)13-9-11(18)5-8-14(13)24-2/h3-9H,1-2H3. The molecule has 0 saturated carbocycles. The van der Waals surface area contributed by atoms with E-state index in [1.54, 1.807) is 24.8 Å². The van der Waals surface area contributed by atoms with E-state index >= 15 is 0 Å². The van der Waals surface area contributed by atoms with Crippen LogP contribution in [0.4, 0.5) is 0 Å².